The molecule has 36 heavy (non-hydrogen) atoms. The van der Waals surface area contributed by atoms with E-state index >= 15 is 0 Å². The van der Waals surface area contributed by atoms with Crippen LogP contribution in [0, 0.1) is 0 Å². The Labute approximate surface area is 228 Å². The number of nitrogens with zero attached hydrogens (tertiary/aromatic N) is 1. The zero-order valence-corrected chi connectivity index (χ0v) is 22.7. The van der Waals surface area contributed by atoms with Crippen molar-refractivity contribution in [1.82, 2.24) is 5.32 Å². The van der Waals surface area contributed by atoms with Gasteiger partial charge in [-0.25, -0.2) is 0 Å². The first kappa shape index (κ1) is 25.9. The van der Waals surface area contributed by atoms with Crippen molar-refractivity contribution in [2.24, 2.45) is 0 Å². The third-order valence-electron chi connectivity index (χ3n) is 5.56. The summed E-state index contributed by atoms with van der Waals surface area (Å²) in [6.07, 6.45) is 2.37. The van der Waals surface area contributed by atoms with Crippen LogP contribution in [-0.2, 0) is 22.6 Å². The molecule has 2 amide bonds. The number of benzene rings is 3. The van der Waals surface area contributed by atoms with Crippen LogP contribution in [-0.4, -0.2) is 24.0 Å². The molecule has 1 saturated heterocycles. The summed E-state index contributed by atoms with van der Waals surface area (Å²) in [5.74, 6) is -0.139. The first-order valence-corrected chi connectivity index (χ1v) is 12.6. The fourth-order valence-corrected chi connectivity index (χ4v) is 4.62. The second-order valence-corrected chi connectivity index (χ2v) is 9.60. The standard InChI is InChI=1S/C27H22BrClN2O4S/c1-3-16-6-10-20(11-7-16)31-26(33)21(25(32)30-27(31)36)12-18-13-22(28)24(23(14-18)34-2)35-15-17-4-8-19(29)9-5-17/h4-14H,3,15H2,1-2H3,(H,30,32,36)/b21-12+. The first-order valence-electron chi connectivity index (χ1n) is 11.1. The van der Waals surface area contributed by atoms with Crippen LogP contribution >= 0.6 is 39.7 Å². The number of ether oxygens (including phenoxy) is 2. The van der Waals surface area contributed by atoms with Crippen molar-refractivity contribution >= 4 is 68.4 Å². The summed E-state index contributed by atoms with van der Waals surface area (Å²) >= 11 is 14.8. The summed E-state index contributed by atoms with van der Waals surface area (Å²) in [7, 11) is 1.52. The van der Waals surface area contributed by atoms with E-state index in [0.717, 1.165) is 17.5 Å². The molecule has 1 heterocycles. The lowest BCUT2D eigenvalue weighted by Crippen LogP contribution is -2.54. The number of anilines is 1. The summed E-state index contributed by atoms with van der Waals surface area (Å²) in [5.41, 5.74) is 3.17. The molecule has 0 unspecified atom stereocenters. The molecule has 0 aromatic heterocycles. The minimum absolute atomic E-state index is 0.0381. The maximum atomic E-state index is 13.3. The summed E-state index contributed by atoms with van der Waals surface area (Å²) < 4.78 is 12.1. The number of hydrogen-bond acceptors (Lipinski definition) is 5. The van der Waals surface area contributed by atoms with Gasteiger partial charge in [0.25, 0.3) is 11.8 Å². The monoisotopic (exact) mass is 584 g/mol. The van der Waals surface area contributed by atoms with Crippen LogP contribution in [0.2, 0.25) is 5.02 Å². The third-order valence-corrected chi connectivity index (χ3v) is 6.69. The fraction of sp³-hybridized carbons (Fsp3) is 0.148. The minimum Gasteiger partial charge on any atom is -0.493 e. The molecule has 3 aromatic rings. The van der Waals surface area contributed by atoms with Gasteiger partial charge in [0.2, 0.25) is 0 Å². The molecule has 1 fully saturated rings. The summed E-state index contributed by atoms with van der Waals surface area (Å²) in [6.45, 7) is 2.35. The Balaban J connectivity index is 1.62. The summed E-state index contributed by atoms with van der Waals surface area (Å²) in [5, 5.41) is 3.29. The molecular weight excluding hydrogens is 564 g/mol. The molecule has 0 atom stereocenters. The van der Waals surface area contributed by atoms with Crippen molar-refractivity contribution < 1.29 is 19.1 Å². The number of aryl methyl sites for hydroxylation is 1. The lowest BCUT2D eigenvalue weighted by molar-refractivity contribution is -0.122. The van der Waals surface area contributed by atoms with E-state index in [1.54, 1.807) is 24.3 Å². The zero-order chi connectivity index (χ0) is 25.8. The van der Waals surface area contributed by atoms with Gasteiger partial charge in [0.05, 0.1) is 17.3 Å². The average molecular weight is 586 g/mol. The van der Waals surface area contributed by atoms with Crippen LogP contribution < -0.4 is 19.7 Å². The maximum absolute atomic E-state index is 13.3. The maximum Gasteiger partial charge on any atom is 0.270 e. The highest BCUT2D eigenvalue weighted by molar-refractivity contribution is 9.10. The molecule has 0 bridgehead atoms. The van der Waals surface area contributed by atoms with E-state index in [1.165, 1.54) is 18.1 Å². The number of methoxy groups -OCH3 is 1. The van der Waals surface area contributed by atoms with Crippen molar-refractivity contribution in [1.29, 1.82) is 0 Å². The number of rotatable bonds is 7. The molecule has 0 radical (unpaired) electrons. The Morgan fingerprint density at radius 2 is 1.72 bits per heavy atom. The van der Waals surface area contributed by atoms with Crippen molar-refractivity contribution in [2.75, 3.05) is 12.0 Å². The number of halogens is 2. The lowest BCUT2D eigenvalue weighted by Gasteiger charge is -2.29. The number of carbonyl (C=O) groups excluding carboxylic acids is 2. The van der Waals surface area contributed by atoms with Crippen molar-refractivity contribution in [3.05, 3.63) is 92.4 Å². The Kier molecular flexibility index (Phi) is 8.08. The number of amides is 2. The Hall–Kier alpha value is -3.20. The van der Waals surface area contributed by atoms with E-state index in [2.05, 4.69) is 21.2 Å². The van der Waals surface area contributed by atoms with Crippen molar-refractivity contribution in [2.45, 2.75) is 20.0 Å². The smallest absolute Gasteiger partial charge is 0.270 e. The SMILES string of the molecule is CCc1ccc(N2C(=O)/C(=C/c3cc(Br)c(OCc4ccc(Cl)cc4)c(OC)c3)C(=O)NC2=S)cc1. The Morgan fingerprint density at radius 3 is 2.36 bits per heavy atom. The van der Waals surface area contributed by atoms with E-state index < -0.39 is 11.8 Å². The highest BCUT2D eigenvalue weighted by Gasteiger charge is 2.34. The number of carbonyl (C=O) groups is 2. The van der Waals surface area contributed by atoms with Gasteiger partial charge in [-0.2, -0.15) is 0 Å². The molecule has 9 heteroatoms. The third kappa shape index (κ3) is 5.61. The number of hydrogen-bond donors (Lipinski definition) is 1. The predicted octanol–water partition coefficient (Wildman–Crippen LogP) is 6.08. The Morgan fingerprint density at radius 1 is 1.06 bits per heavy atom. The van der Waals surface area contributed by atoms with Gasteiger partial charge < -0.3 is 9.47 Å². The van der Waals surface area contributed by atoms with Crippen LogP contribution in [0.25, 0.3) is 6.08 Å². The number of nitrogens with one attached hydrogen (secondary N) is 1. The zero-order valence-electron chi connectivity index (χ0n) is 19.5. The minimum atomic E-state index is -0.565. The van der Waals surface area contributed by atoms with Crippen LogP contribution in [0.15, 0.2) is 70.7 Å². The average Bonchev–Trinajstić information content (AvgIpc) is 2.87. The molecule has 6 nitrogen and oxygen atoms in total. The normalized spacial score (nSPS) is 14.7. The molecule has 1 aliphatic heterocycles. The van der Waals surface area contributed by atoms with Crippen LogP contribution in [0.1, 0.15) is 23.6 Å². The molecule has 0 saturated carbocycles. The van der Waals surface area contributed by atoms with Crippen LogP contribution in [0.4, 0.5) is 5.69 Å². The lowest BCUT2D eigenvalue weighted by atomic mass is 10.1. The van der Waals surface area contributed by atoms with Crippen LogP contribution in [0.5, 0.6) is 11.5 Å². The molecule has 0 aliphatic carbocycles. The van der Waals surface area contributed by atoms with Gasteiger partial charge in [0.15, 0.2) is 16.6 Å². The quantitative estimate of drug-likeness (QED) is 0.207. The summed E-state index contributed by atoms with van der Waals surface area (Å²) in [4.78, 5) is 27.3. The second kappa shape index (κ2) is 11.2. The van der Waals surface area contributed by atoms with E-state index in [4.69, 9.17) is 33.3 Å². The predicted molar refractivity (Wildman–Crippen MR) is 149 cm³/mol. The highest BCUT2D eigenvalue weighted by atomic mass is 79.9. The Bertz CT molecular complexity index is 1360. The van der Waals surface area contributed by atoms with Gasteiger partial charge in [0.1, 0.15) is 12.2 Å². The molecular formula is C27H22BrClN2O4S. The molecule has 0 spiro atoms. The van der Waals surface area contributed by atoms with Gasteiger partial charge in [-0.3, -0.25) is 19.8 Å². The van der Waals surface area contributed by atoms with E-state index in [9.17, 15) is 9.59 Å². The van der Waals surface area contributed by atoms with E-state index in [1.807, 2.05) is 43.3 Å². The summed E-state index contributed by atoms with van der Waals surface area (Å²) in [6, 6.07) is 18.3. The van der Waals surface area contributed by atoms with Crippen LogP contribution in [0.3, 0.4) is 0 Å². The number of thiocarbonyl (C=S) groups is 1. The topological polar surface area (TPSA) is 67.9 Å². The van der Waals surface area contributed by atoms with Gasteiger partial charge in [-0.05, 0) is 93.7 Å². The van der Waals surface area contributed by atoms with Gasteiger partial charge >= 0.3 is 0 Å². The second-order valence-electron chi connectivity index (χ2n) is 7.93. The first-order chi connectivity index (χ1) is 17.3. The molecule has 3 aromatic carbocycles. The van der Waals surface area contributed by atoms with Gasteiger partial charge in [-0.1, -0.05) is 42.8 Å². The molecule has 1 N–H and O–H groups in total. The molecule has 184 valence electrons. The van der Waals surface area contributed by atoms with Gasteiger partial charge in [-0.15, -0.1) is 0 Å². The van der Waals surface area contributed by atoms with Crippen molar-refractivity contribution in [3.8, 4) is 11.5 Å². The highest BCUT2D eigenvalue weighted by Crippen LogP contribution is 2.38. The molecule has 1 aliphatic rings. The largest absolute Gasteiger partial charge is 0.493 e. The van der Waals surface area contributed by atoms with Gasteiger partial charge in [0, 0.05) is 5.02 Å². The fourth-order valence-electron chi connectivity index (χ4n) is 3.64. The van der Waals surface area contributed by atoms with Crippen molar-refractivity contribution in [3.63, 3.8) is 0 Å². The van der Waals surface area contributed by atoms with E-state index in [-0.39, 0.29) is 10.7 Å². The molecule has 4 rings (SSSR count). The van der Waals surface area contributed by atoms with E-state index in [0.29, 0.717) is 38.9 Å².